The summed E-state index contributed by atoms with van der Waals surface area (Å²) in [6.07, 6.45) is 0.986. The Labute approximate surface area is 180 Å². The van der Waals surface area contributed by atoms with E-state index < -0.39 is 0 Å². The van der Waals surface area contributed by atoms with Crippen molar-refractivity contribution >= 4 is 17.7 Å². The van der Waals surface area contributed by atoms with Crippen molar-refractivity contribution in [2.24, 2.45) is 0 Å². The van der Waals surface area contributed by atoms with Crippen molar-refractivity contribution in [1.29, 1.82) is 0 Å². The molecule has 30 heavy (non-hydrogen) atoms. The van der Waals surface area contributed by atoms with Gasteiger partial charge in [-0.25, -0.2) is 4.68 Å². The normalized spacial score (nSPS) is 16.7. The van der Waals surface area contributed by atoms with Crippen LogP contribution in [-0.4, -0.2) is 55.7 Å². The molecule has 1 saturated heterocycles. The number of aryl methyl sites for hydroxylation is 2. The second-order valence-corrected chi connectivity index (χ2v) is 8.63. The van der Waals surface area contributed by atoms with Crippen LogP contribution in [-0.2, 0) is 11.3 Å². The number of amides is 1. The summed E-state index contributed by atoms with van der Waals surface area (Å²) >= 11 is 1.40. The van der Waals surface area contributed by atoms with Gasteiger partial charge in [0.2, 0.25) is 5.91 Å². The number of benzene rings is 1. The van der Waals surface area contributed by atoms with Crippen molar-refractivity contribution < 1.29 is 4.79 Å². The fourth-order valence-corrected chi connectivity index (χ4v) is 4.33. The Hall–Kier alpha value is -2.71. The highest BCUT2D eigenvalue weighted by Gasteiger charge is 2.23. The Morgan fingerprint density at radius 1 is 1.17 bits per heavy atom. The molecule has 156 valence electrons. The molecule has 1 aliphatic heterocycles. The second kappa shape index (κ2) is 9.40. The lowest BCUT2D eigenvalue weighted by atomic mass is 10.2. The maximum atomic E-state index is 12.4. The molecule has 0 aliphatic carbocycles. The summed E-state index contributed by atoms with van der Waals surface area (Å²) in [6.45, 7) is 6.76. The van der Waals surface area contributed by atoms with Crippen molar-refractivity contribution in [1.82, 2.24) is 30.2 Å². The number of rotatable bonds is 7. The molecule has 1 unspecified atom stereocenters. The number of thioether (sulfide) groups is 1. The summed E-state index contributed by atoms with van der Waals surface area (Å²) in [7, 11) is 0. The van der Waals surface area contributed by atoms with E-state index in [-0.39, 0.29) is 11.9 Å². The van der Waals surface area contributed by atoms with Crippen molar-refractivity contribution in [3.8, 4) is 5.82 Å². The van der Waals surface area contributed by atoms with Gasteiger partial charge in [0.25, 0.3) is 0 Å². The van der Waals surface area contributed by atoms with Crippen molar-refractivity contribution in [3.63, 3.8) is 0 Å². The van der Waals surface area contributed by atoms with Crippen molar-refractivity contribution in [2.45, 2.75) is 37.9 Å². The number of carbonyl (C=O) groups excluding carboxylic acids is 1. The molecule has 2 aromatic heterocycles. The smallest absolute Gasteiger partial charge is 0.230 e. The SMILES string of the molecule is Cc1cc(C)n(-c2ccc(SCC(=O)NC3CCN(Cc4ccccc4)C3)nn2)n1. The molecule has 3 aromatic rings. The zero-order valence-corrected chi connectivity index (χ0v) is 18.1. The van der Waals surface area contributed by atoms with Crippen LogP contribution in [0.15, 0.2) is 53.6 Å². The summed E-state index contributed by atoms with van der Waals surface area (Å²) in [6, 6.07) is 16.4. The van der Waals surface area contributed by atoms with E-state index in [0.717, 1.165) is 42.5 Å². The minimum Gasteiger partial charge on any atom is -0.351 e. The van der Waals surface area contributed by atoms with Crippen LogP contribution in [0, 0.1) is 13.8 Å². The summed E-state index contributed by atoms with van der Waals surface area (Å²) < 4.78 is 1.77. The van der Waals surface area contributed by atoms with Crippen LogP contribution in [0.1, 0.15) is 23.4 Å². The number of nitrogens with zero attached hydrogens (tertiary/aromatic N) is 5. The van der Waals surface area contributed by atoms with E-state index in [9.17, 15) is 4.79 Å². The highest BCUT2D eigenvalue weighted by atomic mass is 32.2. The van der Waals surface area contributed by atoms with Gasteiger partial charge in [-0.1, -0.05) is 42.1 Å². The molecule has 0 radical (unpaired) electrons. The molecular formula is C22H26N6OS. The number of nitrogens with one attached hydrogen (secondary N) is 1. The molecule has 0 spiro atoms. The Balaban J connectivity index is 1.23. The van der Waals surface area contributed by atoms with E-state index in [1.807, 2.05) is 38.1 Å². The third-order valence-corrected chi connectivity index (χ3v) is 6.01. The zero-order valence-electron chi connectivity index (χ0n) is 17.3. The number of aromatic nitrogens is 4. The number of hydrogen-bond acceptors (Lipinski definition) is 6. The standard InChI is InChI=1S/C22H26N6OS/c1-16-12-17(2)28(26-16)20-8-9-22(25-24-20)30-15-21(29)23-19-10-11-27(14-19)13-18-6-4-3-5-7-18/h3-9,12,19H,10-11,13-15H2,1-2H3,(H,23,29). The average Bonchev–Trinajstić information content (AvgIpc) is 3.32. The maximum Gasteiger partial charge on any atom is 0.230 e. The Morgan fingerprint density at radius 2 is 2.00 bits per heavy atom. The van der Waals surface area contributed by atoms with Crippen LogP contribution < -0.4 is 5.32 Å². The van der Waals surface area contributed by atoms with Gasteiger partial charge < -0.3 is 5.32 Å². The van der Waals surface area contributed by atoms with Crippen LogP contribution in [0.3, 0.4) is 0 Å². The van der Waals surface area contributed by atoms with Crippen LogP contribution in [0.2, 0.25) is 0 Å². The molecule has 4 rings (SSSR count). The molecule has 1 aliphatic rings. The first-order valence-corrected chi connectivity index (χ1v) is 11.1. The summed E-state index contributed by atoms with van der Waals surface area (Å²) in [5.41, 5.74) is 3.26. The molecular weight excluding hydrogens is 396 g/mol. The molecule has 1 aromatic carbocycles. The predicted octanol–water partition coefficient (Wildman–Crippen LogP) is 2.76. The average molecular weight is 423 g/mol. The summed E-state index contributed by atoms with van der Waals surface area (Å²) in [5, 5.41) is 16.8. The molecule has 7 nitrogen and oxygen atoms in total. The summed E-state index contributed by atoms with van der Waals surface area (Å²) in [5.74, 6) is 1.05. The molecule has 3 heterocycles. The van der Waals surface area contributed by atoms with Crippen molar-refractivity contribution in [3.05, 3.63) is 65.5 Å². The van der Waals surface area contributed by atoms with E-state index in [1.165, 1.54) is 17.3 Å². The van der Waals surface area contributed by atoms with Gasteiger partial charge in [-0.3, -0.25) is 9.69 Å². The van der Waals surface area contributed by atoms with E-state index >= 15 is 0 Å². The highest BCUT2D eigenvalue weighted by Crippen LogP contribution is 2.17. The van der Waals surface area contributed by atoms with E-state index in [1.54, 1.807) is 4.68 Å². The van der Waals surface area contributed by atoms with Gasteiger partial charge in [-0.2, -0.15) is 5.10 Å². The minimum absolute atomic E-state index is 0.0379. The van der Waals surface area contributed by atoms with Crippen LogP contribution in [0.5, 0.6) is 0 Å². The first-order valence-electron chi connectivity index (χ1n) is 10.1. The van der Waals surface area contributed by atoms with E-state index in [0.29, 0.717) is 11.6 Å². The molecule has 1 fully saturated rings. The third kappa shape index (κ3) is 5.25. The third-order valence-electron chi connectivity index (χ3n) is 5.09. The maximum absolute atomic E-state index is 12.4. The lowest BCUT2D eigenvalue weighted by molar-refractivity contribution is -0.119. The zero-order chi connectivity index (χ0) is 20.9. The largest absolute Gasteiger partial charge is 0.351 e. The highest BCUT2D eigenvalue weighted by molar-refractivity contribution is 7.99. The first-order chi connectivity index (χ1) is 14.6. The predicted molar refractivity (Wildman–Crippen MR) is 118 cm³/mol. The van der Waals surface area contributed by atoms with E-state index in [4.69, 9.17) is 0 Å². The fourth-order valence-electron chi connectivity index (χ4n) is 3.71. The molecule has 0 bridgehead atoms. The van der Waals surface area contributed by atoms with Gasteiger partial charge in [0, 0.05) is 31.4 Å². The van der Waals surface area contributed by atoms with Crippen LogP contribution in [0.25, 0.3) is 5.82 Å². The topological polar surface area (TPSA) is 75.9 Å². The van der Waals surface area contributed by atoms with Gasteiger partial charge in [0.1, 0.15) is 5.03 Å². The number of carbonyl (C=O) groups is 1. The summed E-state index contributed by atoms with van der Waals surface area (Å²) in [4.78, 5) is 14.7. The Morgan fingerprint density at radius 3 is 2.70 bits per heavy atom. The fraction of sp³-hybridized carbons (Fsp3) is 0.364. The van der Waals surface area contributed by atoms with Gasteiger partial charge in [0.05, 0.1) is 11.4 Å². The minimum atomic E-state index is 0.0379. The first kappa shape index (κ1) is 20.6. The lowest BCUT2D eigenvalue weighted by Gasteiger charge is -2.16. The molecule has 0 saturated carbocycles. The van der Waals surface area contributed by atoms with Crippen molar-refractivity contribution in [2.75, 3.05) is 18.8 Å². The molecule has 8 heteroatoms. The Kier molecular flexibility index (Phi) is 6.44. The van der Waals surface area contributed by atoms with Crippen LogP contribution >= 0.6 is 11.8 Å². The van der Waals surface area contributed by atoms with Gasteiger partial charge in [0.15, 0.2) is 5.82 Å². The van der Waals surface area contributed by atoms with Gasteiger partial charge in [-0.05, 0) is 44.0 Å². The number of likely N-dealkylation sites (tertiary alicyclic amines) is 1. The monoisotopic (exact) mass is 422 g/mol. The lowest BCUT2D eigenvalue weighted by Crippen LogP contribution is -2.38. The number of hydrogen-bond donors (Lipinski definition) is 1. The molecule has 1 amide bonds. The van der Waals surface area contributed by atoms with Gasteiger partial charge >= 0.3 is 0 Å². The van der Waals surface area contributed by atoms with Gasteiger partial charge in [-0.15, -0.1) is 10.2 Å². The Bertz CT molecular complexity index is 989. The molecule has 1 N–H and O–H groups in total. The van der Waals surface area contributed by atoms with Crippen LogP contribution in [0.4, 0.5) is 0 Å². The quantitative estimate of drug-likeness (QED) is 0.590. The second-order valence-electron chi connectivity index (χ2n) is 7.63. The molecule has 1 atom stereocenters. The van der Waals surface area contributed by atoms with E-state index in [2.05, 4.69) is 49.8 Å².